The number of ether oxygens (including phenoxy) is 1. The van der Waals surface area contributed by atoms with Crippen LogP contribution in [-0.4, -0.2) is 65.2 Å². The molecule has 1 N–H and O–H groups in total. The molecule has 0 aromatic carbocycles. The third kappa shape index (κ3) is 4.17. The van der Waals surface area contributed by atoms with Gasteiger partial charge in [-0.05, 0) is 34.7 Å². The highest BCUT2D eigenvalue weighted by molar-refractivity contribution is 5.39. The molecule has 1 unspecified atom stereocenters. The number of nitrogens with one attached hydrogen (secondary N) is 1. The SMILES string of the molecule is CCNc1nc(OC(C)C)nc(N2CCN(C)C(C)C2)n1. The molecule has 118 valence electrons. The van der Waals surface area contributed by atoms with Gasteiger partial charge in [0.1, 0.15) is 0 Å². The van der Waals surface area contributed by atoms with Crippen LogP contribution in [0.3, 0.4) is 0 Å². The van der Waals surface area contributed by atoms with E-state index in [1.807, 2.05) is 20.8 Å². The number of hydrogen-bond donors (Lipinski definition) is 1. The average Bonchev–Trinajstić information content (AvgIpc) is 2.41. The molecule has 1 aromatic rings. The van der Waals surface area contributed by atoms with Crippen molar-refractivity contribution in [3.63, 3.8) is 0 Å². The Bertz CT molecular complexity index is 467. The molecule has 0 saturated carbocycles. The number of nitrogens with zero attached hydrogens (tertiary/aromatic N) is 5. The quantitative estimate of drug-likeness (QED) is 0.876. The third-order valence-electron chi connectivity index (χ3n) is 3.52. The van der Waals surface area contributed by atoms with Crippen LogP contribution in [0.5, 0.6) is 6.01 Å². The monoisotopic (exact) mass is 294 g/mol. The Hall–Kier alpha value is -1.63. The smallest absolute Gasteiger partial charge is 0.323 e. The maximum absolute atomic E-state index is 5.64. The number of anilines is 2. The highest BCUT2D eigenvalue weighted by Crippen LogP contribution is 2.19. The van der Waals surface area contributed by atoms with Crippen molar-refractivity contribution >= 4 is 11.9 Å². The van der Waals surface area contributed by atoms with E-state index in [0.29, 0.717) is 23.9 Å². The molecular weight excluding hydrogens is 268 g/mol. The molecule has 1 aromatic heterocycles. The number of likely N-dealkylation sites (N-methyl/N-ethyl adjacent to an activating group) is 1. The molecule has 7 heteroatoms. The summed E-state index contributed by atoms with van der Waals surface area (Å²) in [5.41, 5.74) is 0. The van der Waals surface area contributed by atoms with Crippen LogP contribution in [0.1, 0.15) is 27.7 Å². The Kier molecular flexibility index (Phi) is 5.17. The second kappa shape index (κ2) is 6.89. The average molecular weight is 294 g/mol. The molecule has 7 nitrogen and oxygen atoms in total. The van der Waals surface area contributed by atoms with Crippen molar-refractivity contribution in [1.29, 1.82) is 0 Å². The Labute approximate surface area is 126 Å². The fourth-order valence-electron chi connectivity index (χ4n) is 2.22. The van der Waals surface area contributed by atoms with E-state index in [4.69, 9.17) is 4.74 Å². The predicted molar refractivity (Wildman–Crippen MR) is 84.1 cm³/mol. The standard InChI is InChI=1S/C14H26N6O/c1-6-15-12-16-13(18-14(17-12)21-10(2)3)20-8-7-19(5)11(4)9-20/h10-11H,6-9H2,1-5H3,(H,15,16,17,18). The van der Waals surface area contributed by atoms with Crippen LogP contribution in [0.15, 0.2) is 0 Å². The topological polar surface area (TPSA) is 66.4 Å². The summed E-state index contributed by atoms with van der Waals surface area (Å²) in [7, 11) is 2.15. The zero-order valence-corrected chi connectivity index (χ0v) is 13.6. The van der Waals surface area contributed by atoms with Crippen LogP contribution in [0, 0.1) is 0 Å². The summed E-state index contributed by atoms with van der Waals surface area (Å²) < 4.78 is 5.64. The first kappa shape index (κ1) is 15.8. The van der Waals surface area contributed by atoms with Crippen molar-refractivity contribution in [3.8, 4) is 6.01 Å². The minimum absolute atomic E-state index is 0.0427. The highest BCUT2D eigenvalue weighted by Gasteiger charge is 2.23. The van der Waals surface area contributed by atoms with E-state index in [2.05, 4.69) is 44.0 Å². The molecule has 0 radical (unpaired) electrons. The molecule has 1 saturated heterocycles. The number of hydrogen-bond acceptors (Lipinski definition) is 7. The minimum Gasteiger partial charge on any atom is -0.461 e. The molecule has 0 spiro atoms. The maximum atomic E-state index is 5.64. The molecule has 0 amide bonds. The summed E-state index contributed by atoms with van der Waals surface area (Å²) in [4.78, 5) is 17.8. The van der Waals surface area contributed by atoms with Gasteiger partial charge in [0.05, 0.1) is 6.10 Å². The predicted octanol–water partition coefficient (Wildman–Crippen LogP) is 1.23. The largest absolute Gasteiger partial charge is 0.461 e. The molecule has 2 rings (SSSR count). The van der Waals surface area contributed by atoms with Crippen LogP contribution in [0.25, 0.3) is 0 Å². The lowest BCUT2D eigenvalue weighted by molar-refractivity contribution is 0.219. The van der Waals surface area contributed by atoms with Crippen LogP contribution in [0.2, 0.25) is 0 Å². The third-order valence-corrected chi connectivity index (χ3v) is 3.52. The lowest BCUT2D eigenvalue weighted by Gasteiger charge is -2.37. The van der Waals surface area contributed by atoms with Crippen molar-refractivity contribution in [2.45, 2.75) is 39.8 Å². The number of aromatic nitrogens is 3. The van der Waals surface area contributed by atoms with E-state index in [0.717, 1.165) is 26.2 Å². The molecule has 1 aliphatic heterocycles. The lowest BCUT2D eigenvalue weighted by atomic mass is 10.2. The van der Waals surface area contributed by atoms with Crippen molar-refractivity contribution in [2.75, 3.05) is 43.4 Å². The molecule has 1 aliphatic rings. The van der Waals surface area contributed by atoms with Gasteiger partial charge in [-0.25, -0.2) is 0 Å². The normalized spacial score (nSPS) is 19.9. The first-order chi connectivity index (χ1) is 9.99. The van der Waals surface area contributed by atoms with Gasteiger partial charge in [0, 0.05) is 32.2 Å². The zero-order valence-electron chi connectivity index (χ0n) is 13.6. The van der Waals surface area contributed by atoms with Gasteiger partial charge in [-0.3, -0.25) is 0 Å². The zero-order chi connectivity index (χ0) is 15.4. The van der Waals surface area contributed by atoms with Crippen molar-refractivity contribution in [3.05, 3.63) is 0 Å². The second-order valence-electron chi connectivity index (χ2n) is 5.71. The first-order valence-electron chi connectivity index (χ1n) is 7.61. The van der Waals surface area contributed by atoms with Crippen LogP contribution < -0.4 is 15.0 Å². The van der Waals surface area contributed by atoms with Gasteiger partial charge in [-0.15, -0.1) is 0 Å². The summed E-state index contributed by atoms with van der Waals surface area (Å²) in [6.45, 7) is 11.8. The van der Waals surface area contributed by atoms with E-state index in [1.54, 1.807) is 0 Å². The summed E-state index contributed by atoms with van der Waals surface area (Å²) in [5.74, 6) is 1.27. The maximum Gasteiger partial charge on any atom is 0.323 e. The lowest BCUT2D eigenvalue weighted by Crippen LogP contribution is -2.50. The molecule has 1 fully saturated rings. The Morgan fingerprint density at radius 2 is 2.05 bits per heavy atom. The Morgan fingerprint density at radius 1 is 1.29 bits per heavy atom. The summed E-state index contributed by atoms with van der Waals surface area (Å²) >= 11 is 0. The van der Waals surface area contributed by atoms with Gasteiger partial charge in [-0.1, -0.05) is 0 Å². The van der Waals surface area contributed by atoms with Gasteiger partial charge in [0.25, 0.3) is 0 Å². The number of rotatable bonds is 5. The van der Waals surface area contributed by atoms with E-state index < -0.39 is 0 Å². The molecule has 1 atom stereocenters. The summed E-state index contributed by atoms with van der Waals surface area (Å²) in [5, 5.41) is 3.14. The van der Waals surface area contributed by atoms with Crippen LogP contribution >= 0.6 is 0 Å². The van der Waals surface area contributed by atoms with Gasteiger partial charge >= 0.3 is 6.01 Å². The van der Waals surface area contributed by atoms with Gasteiger partial charge in [-0.2, -0.15) is 15.0 Å². The van der Waals surface area contributed by atoms with E-state index in [9.17, 15) is 0 Å². The molecule has 0 aliphatic carbocycles. The van der Waals surface area contributed by atoms with Crippen LogP contribution in [0.4, 0.5) is 11.9 Å². The van der Waals surface area contributed by atoms with Crippen molar-refractivity contribution < 1.29 is 4.74 Å². The minimum atomic E-state index is 0.0427. The highest BCUT2D eigenvalue weighted by atomic mass is 16.5. The van der Waals surface area contributed by atoms with E-state index in [1.165, 1.54) is 0 Å². The van der Waals surface area contributed by atoms with Gasteiger partial charge in [0.15, 0.2) is 0 Å². The van der Waals surface area contributed by atoms with Gasteiger partial charge < -0.3 is 19.9 Å². The Balaban J connectivity index is 2.22. The molecule has 2 heterocycles. The Morgan fingerprint density at radius 3 is 2.67 bits per heavy atom. The molecular formula is C14H26N6O. The fourth-order valence-corrected chi connectivity index (χ4v) is 2.22. The first-order valence-corrected chi connectivity index (χ1v) is 7.61. The fraction of sp³-hybridized carbons (Fsp3) is 0.786. The van der Waals surface area contributed by atoms with Crippen molar-refractivity contribution in [1.82, 2.24) is 19.9 Å². The van der Waals surface area contributed by atoms with E-state index >= 15 is 0 Å². The summed E-state index contributed by atoms with van der Waals surface area (Å²) in [6, 6.07) is 0.866. The van der Waals surface area contributed by atoms with Crippen molar-refractivity contribution in [2.24, 2.45) is 0 Å². The van der Waals surface area contributed by atoms with E-state index in [-0.39, 0.29) is 6.10 Å². The summed E-state index contributed by atoms with van der Waals surface area (Å²) in [6.07, 6.45) is 0.0427. The number of piperazine rings is 1. The van der Waals surface area contributed by atoms with Gasteiger partial charge in [0.2, 0.25) is 11.9 Å². The molecule has 0 bridgehead atoms. The van der Waals surface area contributed by atoms with Crippen LogP contribution in [-0.2, 0) is 0 Å². The molecule has 21 heavy (non-hydrogen) atoms. The second-order valence-corrected chi connectivity index (χ2v) is 5.71.